The second-order valence-electron chi connectivity index (χ2n) is 4.09. The smallest absolute Gasteiger partial charge is 0.145 e. The number of halogens is 1. The Bertz CT molecular complexity index is 506. The highest BCUT2D eigenvalue weighted by Crippen LogP contribution is 2.30. The summed E-state index contributed by atoms with van der Waals surface area (Å²) in [4.78, 5) is 3.98. The molecular formula is C14H15BrN2O. The van der Waals surface area contributed by atoms with E-state index in [0.717, 1.165) is 22.2 Å². The van der Waals surface area contributed by atoms with Gasteiger partial charge < -0.3 is 10.5 Å². The van der Waals surface area contributed by atoms with Crippen LogP contribution >= 0.6 is 15.9 Å². The molecule has 0 radical (unpaired) electrons. The van der Waals surface area contributed by atoms with Gasteiger partial charge in [0.25, 0.3) is 0 Å². The number of hydrogen-bond acceptors (Lipinski definition) is 3. The molecule has 0 aliphatic rings. The number of aromatic nitrogens is 1. The van der Waals surface area contributed by atoms with Crippen LogP contribution in [0.25, 0.3) is 0 Å². The number of hydrogen-bond donors (Lipinski definition) is 1. The first-order chi connectivity index (χ1) is 8.66. The third-order valence-electron chi connectivity index (χ3n) is 2.65. The Balaban J connectivity index is 1.99. The van der Waals surface area contributed by atoms with Crippen LogP contribution in [0.4, 0.5) is 5.69 Å². The summed E-state index contributed by atoms with van der Waals surface area (Å²) in [6.07, 6.45) is 4.42. The van der Waals surface area contributed by atoms with Gasteiger partial charge in [-0.2, -0.15) is 0 Å². The van der Waals surface area contributed by atoms with Crippen LogP contribution in [-0.2, 0) is 6.42 Å². The Morgan fingerprint density at radius 3 is 2.67 bits per heavy atom. The molecule has 0 unspecified atom stereocenters. The predicted octanol–water partition coefficient (Wildman–Crippen LogP) is 3.36. The van der Waals surface area contributed by atoms with Gasteiger partial charge in [0.1, 0.15) is 5.75 Å². The summed E-state index contributed by atoms with van der Waals surface area (Å²) in [7, 11) is 0. The van der Waals surface area contributed by atoms with Gasteiger partial charge in [-0.1, -0.05) is 15.9 Å². The summed E-state index contributed by atoms with van der Waals surface area (Å²) < 4.78 is 6.73. The molecule has 4 heteroatoms. The molecule has 0 spiro atoms. The van der Waals surface area contributed by atoms with Crippen LogP contribution in [-0.4, -0.2) is 11.6 Å². The van der Waals surface area contributed by atoms with Gasteiger partial charge >= 0.3 is 0 Å². The summed E-state index contributed by atoms with van der Waals surface area (Å²) in [5, 5.41) is 0. The number of nitrogens with two attached hydrogens (primary N) is 1. The highest BCUT2D eigenvalue weighted by atomic mass is 79.9. The fraction of sp³-hybridized carbons (Fsp3) is 0.214. The molecule has 0 aliphatic heterocycles. The first-order valence-corrected chi connectivity index (χ1v) is 6.53. The van der Waals surface area contributed by atoms with Crippen LogP contribution in [0.1, 0.15) is 11.1 Å². The van der Waals surface area contributed by atoms with Crippen LogP contribution in [0.3, 0.4) is 0 Å². The van der Waals surface area contributed by atoms with E-state index >= 15 is 0 Å². The highest BCUT2D eigenvalue weighted by molar-refractivity contribution is 9.10. The number of anilines is 1. The molecule has 0 bridgehead atoms. The molecule has 3 nitrogen and oxygen atoms in total. The molecule has 94 valence electrons. The van der Waals surface area contributed by atoms with Crippen molar-refractivity contribution in [3.8, 4) is 5.75 Å². The summed E-state index contributed by atoms with van der Waals surface area (Å²) >= 11 is 3.41. The molecule has 0 fully saturated rings. The van der Waals surface area contributed by atoms with Crippen LogP contribution in [0.2, 0.25) is 0 Å². The van der Waals surface area contributed by atoms with Crippen molar-refractivity contribution in [2.24, 2.45) is 0 Å². The number of aryl methyl sites for hydroxylation is 1. The second-order valence-corrected chi connectivity index (χ2v) is 5.01. The lowest BCUT2D eigenvalue weighted by Gasteiger charge is -2.12. The van der Waals surface area contributed by atoms with Gasteiger partial charge in [0, 0.05) is 23.3 Å². The zero-order chi connectivity index (χ0) is 13.0. The Kier molecular flexibility index (Phi) is 4.20. The average Bonchev–Trinajstić information content (AvgIpc) is 2.34. The number of rotatable bonds is 4. The minimum absolute atomic E-state index is 0.608. The summed E-state index contributed by atoms with van der Waals surface area (Å²) in [6, 6.07) is 7.83. The van der Waals surface area contributed by atoms with Gasteiger partial charge in [0.05, 0.1) is 12.3 Å². The Labute approximate surface area is 115 Å². The molecule has 1 heterocycles. The van der Waals surface area contributed by atoms with E-state index < -0.39 is 0 Å². The van der Waals surface area contributed by atoms with Crippen molar-refractivity contribution in [3.05, 3.63) is 52.3 Å². The first-order valence-electron chi connectivity index (χ1n) is 5.74. The topological polar surface area (TPSA) is 48.1 Å². The van der Waals surface area contributed by atoms with Crippen molar-refractivity contribution in [1.82, 2.24) is 4.98 Å². The third-order valence-corrected chi connectivity index (χ3v) is 3.11. The molecule has 0 aliphatic carbocycles. The minimum Gasteiger partial charge on any atom is -0.491 e. The molecule has 0 saturated carbocycles. The van der Waals surface area contributed by atoms with Crippen LogP contribution in [0, 0.1) is 6.92 Å². The van der Waals surface area contributed by atoms with Gasteiger partial charge in [-0.05, 0) is 42.3 Å². The third kappa shape index (κ3) is 3.23. The normalized spacial score (nSPS) is 10.3. The Hall–Kier alpha value is -1.55. The zero-order valence-electron chi connectivity index (χ0n) is 10.2. The number of pyridine rings is 1. The van der Waals surface area contributed by atoms with Crippen molar-refractivity contribution in [1.29, 1.82) is 0 Å². The molecule has 2 rings (SSSR count). The Morgan fingerprint density at radius 2 is 2.00 bits per heavy atom. The standard InChI is InChI=1S/C14H15BrN2O/c1-10-8-12(15)9-13(16)14(10)18-7-4-11-2-5-17-6-3-11/h2-3,5-6,8-9H,4,7,16H2,1H3. The molecule has 2 aromatic rings. The van der Waals surface area contributed by atoms with E-state index in [1.54, 1.807) is 12.4 Å². The molecule has 0 amide bonds. The van der Waals surface area contributed by atoms with E-state index in [4.69, 9.17) is 10.5 Å². The van der Waals surface area contributed by atoms with Crippen LogP contribution < -0.4 is 10.5 Å². The SMILES string of the molecule is Cc1cc(Br)cc(N)c1OCCc1ccncc1. The van der Waals surface area contributed by atoms with Crippen LogP contribution in [0.5, 0.6) is 5.75 Å². The van der Waals surface area contributed by atoms with Crippen molar-refractivity contribution in [2.75, 3.05) is 12.3 Å². The first kappa shape index (κ1) is 12.9. The molecule has 18 heavy (non-hydrogen) atoms. The molecule has 2 N–H and O–H groups in total. The van der Waals surface area contributed by atoms with E-state index in [2.05, 4.69) is 20.9 Å². The van der Waals surface area contributed by atoms with E-state index in [0.29, 0.717) is 12.3 Å². The van der Waals surface area contributed by atoms with E-state index in [-0.39, 0.29) is 0 Å². The monoisotopic (exact) mass is 306 g/mol. The minimum atomic E-state index is 0.608. The maximum Gasteiger partial charge on any atom is 0.145 e. The van der Waals surface area contributed by atoms with Gasteiger partial charge in [0.2, 0.25) is 0 Å². The summed E-state index contributed by atoms with van der Waals surface area (Å²) in [6.45, 7) is 2.60. The van der Waals surface area contributed by atoms with Gasteiger partial charge in [-0.3, -0.25) is 4.98 Å². The molecular weight excluding hydrogens is 292 g/mol. The number of ether oxygens (including phenoxy) is 1. The Morgan fingerprint density at radius 1 is 1.28 bits per heavy atom. The van der Waals surface area contributed by atoms with Gasteiger partial charge in [0.15, 0.2) is 0 Å². The van der Waals surface area contributed by atoms with Gasteiger partial charge in [-0.15, -0.1) is 0 Å². The zero-order valence-corrected chi connectivity index (χ0v) is 11.8. The van der Waals surface area contributed by atoms with Crippen molar-refractivity contribution in [3.63, 3.8) is 0 Å². The fourth-order valence-electron chi connectivity index (χ4n) is 1.77. The van der Waals surface area contributed by atoms with Crippen molar-refractivity contribution in [2.45, 2.75) is 13.3 Å². The fourth-order valence-corrected chi connectivity index (χ4v) is 2.36. The second kappa shape index (κ2) is 5.87. The number of nitrogen functional groups attached to an aromatic ring is 1. The lowest BCUT2D eigenvalue weighted by molar-refractivity contribution is 0.321. The number of benzene rings is 1. The maximum atomic E-state index is 5.94. The molecule has 1 aromatic heterocycles. The lowest BCUT2D eigenvalue weighted by Crippen LogP contribution is -2.05. The quantitative estimate of drug-likeness (QED) is 0.881. The molecule has 0 saturated heterocycles. The van der Waals surface area contributed by atoms with E-state index in [9.17, 15) is 0 Å². The maximum absolute atomic E-state index is 5.94. The lowest BCUT2D eigenvalue weighted by atomic mass is 10.2. The molecule has 1 aromatic carbocycles. The van der Waals surface area contributed by atoms with E-state index in [1.807, 2.05) is 31.2 Å². The van der Waals surface area contributed by atoms with Crippen molar-refractivity contribution >= 4 is 21.6 Å². The summed E-state index contributed by atoms with van der Waals surface area (Å²) in [5.74, 6) is 0.771. The number of nitrogens with zero attached hydrogens (tertiary/aromatic N) is 1. The average molecular weight is 307 g/mol. The van der Waals surface area contributed by atoms with Crippen LogP contribution in [0.15, 0.2) is 41.1 Å². The van der Waals surface area contributed by atoms with Crippen molar-refractivity contribution < 1.29 is 4.74 Å². The predicted molar refractivity (Wildman–Crippen MR) is 76.7 cm³/mol. The summed E-state index contributed by atoms with van der Waals surface area (Å²) in [5.41, 5.74) is 8.85. The highest BCUT2D eigenvalue weighted by Gasteiger charge is 2.06. The largest absolute Gasteiger partial charge is 0.491 e. The van der Waals surface area contributed by atoms with Gasteiger partial charge in [-0.25, -0.2) is 0 Å². The van der Waals surface area contributed by atoms with E-state index in [1.165, 1.54) is 5.56 Å². The molecule has 0 atom stereocenters.